The number of aromatic nitrogens is 1. The van der Waals surface area contributed by atoms with E-state index in [1.807, 2.05) is 0 Å². The summed E-state index contributed by atoms with van der Waals surface area (Å²) in [4.78, 5) is 25.9. The minimum atomic E-state index is -1.05. The van der Waals surface area contributed by atoms with Crippen LogP contribution in [-0.2, 0) is 4.79 Å². The van der Waals surface area contributed by atoms with Crippen LogP contribution in [0.2, 0.25) is 0 Å². The quantitative estimate of drug-likeness (QED) is 0.761. The zero-order chi connectivity index (χ0) is 12.4. The Hall–Kier alpha value is -1.98. The lowest BCUT2D eigenvalue weighted by atomic mass is 10.1. The van der Waals surface area contributed by atoms with E-state index >= 15 is 0 Å². The Morgan fingerprint density at radius 1 is 1.47 bits per heavy atom. The summed E-state index contributed by atoms with van der Waals surface area (Å²) in [5, 5.41) is 11.3. The molecule has 0 aliphatic heterocycles. The molecule has 1 aromatic heterocycles. The fourth-order valence-corrected chi connectivity index (χ4v) is 1.55. The number of pyridine rings is 1. The molecule has 6 heteroatoms. The van der Waals surface area contributed by atoms with E-state index in [2.05, 4.69) is 10.3 Å². The van der Waals surface area contributed by atoms with E-state index in [-0.39, 0.29) is 11.5 Å². The lowest BCUT2D eigenvalue weighted by Crippen LogP contribution is -2.42. The van der Waals surface area contributed by atoms with Crippen LogP contribution in [0.5, 0.6) is 0 Å². The number of hydrogen-bond donors (Lipinski definition) is 2. The monoisotopic (exact) mass is 238 g/mol. The molecule has 1 aliphatic rings. The fraction of sp³-hybridized carbons (Fsp3) is 0.364. The maximum Gasteiger partial charge on any atom is 0.326 e. The highest BCUT2D eigenvalue weighted by Crippen LogP contribution is 2.32. The number of hydrogen-bond acceptors (Lipinski definition) is 3. The summed E-state index contributed by atoms with van der Waals surface area (Å²) in [5.41, 5.74) is 0.151. The second-order valence-corrected chi connectivity index (χ2v) is 4.00. The first-order valence-electron chi connectivity index (χ1n) is 5.23. The van der Waals surface area contributed by atoms with Gasteiger partial charge in [0.2, 0.25) is 5.95 Å². The van der Waals surface area contributed by atoms with Crippen molar-refractivity contribution in [3.8, 4) is 0 Å². The number of nitrogens with zero attached hydrogens (tertiary/aromatic N) is 1. The third-order valence-corrected chi connectivity index (χ3v) is 2.64. The molecular formula is C11H11FN2O3. The molecule has 1 unspecified atom stereocenters. The summed E-state index contributed by atoms with van der Waals surface area (Å²) in [6.07, 6.45) is 2.69. The molecule has 90 valence electrons. The molecule has 0 radical (unpaired) electrons. The molecule has 0 bridgehead atoms. The van der Waals surface area contributed by atoms with Gasteiger partial charge in [-0.1, -0.05) is 0 Å². The van der Waals surface area contributed by atoms with E-state index in [4.69, 9.17) is 5.11 Å². The minimum absolute atomic E-state index is 0.00450. The molecule has 1 saturated carbocycles. The van der Waals surface area contributed by atoms with Crippen molar-refractivity contribution in [2.45, 2.75) is 18.9 Å². The maximum absolute atomic E-state index is 12.5. The van der Waals surface area contributed by atoms with Crippen molar-refractivity contribution < 1.29 is 19.1 Å². The summed E-state index contributed by atoms with van der Waals surface area (Å²) in [7, 11) is 0. The first kappa shape index (κ1) is 11.5. The Labute approximate surface area is 96.7 Å². The van der Waals surface area contributed by atoms with Gasteiger partial charge in [0, 0.05) is 6.20 Å². The Kier molecular flexibility index (Phi) is 3.03. The zero-order valence-corrected chi connectivity index (χ0v) is 8.89. The molecule has 1 aliphatic carbocycles. The highest BCUT2D eigenvalue weighted by Gasteiger charge is 2.37. The number of halogens is 1. The first-order valence-corrected chi connectivity index (χ1v) is 5.23. The molecule has 17 heavy (non-hydrogen) atoms. The number of rotatable bonds is 4. The van der Waals surface area contributed by atoms with Crippen molar-refractivity contribution >= 4 is 11.9 Å². The average Bonchev–Trinajstić information content (AvgIpc) is 3.10. The molecule has 1 heterocycles. The summed E-state index contributed by atoms with van der Waals surface area (Å²) < 4.78 is 12.5. The van der Waals surface area contributed by atoms with Gasteiger partial charge in [-0.05, 0) is 30.9 Å². The van der Waals surface area contributed by atoms with Crippen LogP contribution in [0.3, 0.4) is 0 Å². The first-order chi connectivity index (χ1) is 8.08. The second kappa shape index (κ2) is 4.48. The Bertz CT molecular complexity index is 443. The van der Waals surface area contributed by atoms with Gasteiger partial charge in [-0.25, -0.2) is 9.78 Å². The van der Waals surface area contributed by atoms with Crippen LogP contribution in [-0.4, -0.2) is 28.0 Å². The SMILES string of the molecule is O=C(NC(C(=O)O)C1CC1)c1ccc(F)nc1. The number of carboxylic acids is 1. The number of nitrogens with one attached hydrogen (secondary N) is 1. The topological polar surface area (TPSA) is 79.3 Å². The smallest absolute Gasteiger partial charge is 0.326 e. The van der Waals surface area contributed by atoms with Gasteiger partial charge in [0.05, 0.1) is 5.56 Å². The van der Waals surface area contributed by atoms with Crippen molar-refractivity contribution in [3.05, 3.63) is 29.8 Å². The predicted molar refractivity (Wildman–Crippen MR) is 55.8 cm³/mol. The average molecular weight is 238 g/mol. The second-order valence-electron chi connectivity index (χ2n) is 4.00. The third-order valence-electron chi connectivity index (χ3n) is 2.64. The number of carbonyl (C=O) groups is 2. The highest BCUT2D eigenvalue weighted by molar-refractivity contribution is 5.96. The fourth-order valence-electron chi connectivity index (χ4n) is 1.55. The summed E-state index contributed by atoms with van der Waals surface area (Å²) in [5.74, 6) is -2.27. The molecule has 1 fully saturated rings. The Morgan fingerprint density at radius 3 is 2.65 bits per heavy atom. The summed E-state index contributed by atoms with van der Waals surface area (Å²) in [6.45, 7) is 0. The highest BCUT2D eigenvalue weighted by atomic mass is 19.1. The van der Waals surface area contributed by atoms with E-state index in [1.165, 1.54) is 6.07 Å². The predicted octanol–water partition coefficient (Wildman–Crippen LogP) is 0.814. The van der Waals surface area contributed by atoms with Crippen molar-refractivity contribution in [3.63, 3.8) is 0 Å². The van der Waals surface area contributed by atoms with E-state index in [0.717, 1.165) is 25.1 Å². The van der Waals surface area contributed by atoms with Crippen LogP contribution in [0.1, 0.15) is 23.2 Å². The van der Waals surface area contributed by atoms with Gasteiger partial charge in [0.15, 0.2) is 0 Å². The van der Waals surface area contributed by atoms with Crippen molar-refractivity contribution in [2.24, 2.45) is 5.92 Å². The largest absolute Gasteiger partial charge is 0.480 e. The molecule has 1 aromatic rings. The molecule has 1 atom stereocenters. The van der Waals surface area contributed by atoms with Gasteiger partial charge >= 0.3 is 5.97 Å². The lowest BCUT2D eigenvalue weighted by Gasteiger charge is -2.13. The number of carboxylic acid groups (broad SMARTS) is 1. The molecule has 0 spiro atoms. The molecule has 5 nitrogen and oxygen atoms in total. The van der Waals surface area contributed by atoms with Crippen LogP contribution < -0.4 is 5.32 Å². The van der Waals surface area contributed by atoms with E-state index < -0.39 is 23.9 Å². The third kappa shape index (κ3) is 2.77. The molecular weight excluding hydrogens is 227 g/mol. The van der Waals surface area contributed by atoms with Gasteiger partial charge in [0.25, 0.3) is 5.91 Å². The van der Waals surface area contributed by atoms with Gasteiger partial charge in [0.1, 0.15) is 6.04 Å². The van der Waals surface area contributed by atoms with E-state index in [0.29, 0.717) is 0 Å². The Morgan fingerprint density at radius 2 is 2.18 bits per heavy atom. The normalized spacial score (nSPS) is 16.3. The number of amides is 1. The summed E-state index contributed by atoms with van der Waals surface area (Å²) >= 11 is 0. The number of carbonyl (C=O) groups excluding carboxylic acids is 1. The molecule has 1 amide bonds. The van der Waals surface area contributed by atoms with Crippen LogP contribution in [0.15, 0.2) is 18.3 Å². The van der Waals surface area contributed by atoms with Crippen LogP contribution in [0.4, 0.5) is 4.39 Å². The number of aliphatic carboxylic acids is 1. The molecule has 2 rings (SSSR count). The molecule has 0 saturated heterocycles. The van der Waals surface area contributed by atoms with Crippen molar-refractivity contribution in [2.75, 3.05) is 0 Å². The van der Waals surface area contributed by atoms with Crippen LogP contribution >= 0.6 is 0 Å². The van der Waals surface area contributed by atoms with Gasteiger partial charge < -0.3 is 10.4 Å². The lowest BCUT2D eigenvalue weighted by molar-refractivity contribution is -0.139. The van der Waals surface area contributed by atoms with E-state index in [9.17, 15) is 14.0 Å². The standard InChI is InChI=1S/C11H11FN2O3/c12-8-4-3-7(5-13-8)10(15)14-9(11(16)17)6-1-2-6/h3-6,9H,1-2H2,(H,14,15)(H,16,17). The maximum atomic E-state index is 12.5. The van der Waals surface area contributed by atoms with Gasteiger partial charge in [-0.2, -0.15) is 4.39 Å². The van der Waals surface area contributed by atoms with Gasteiger partial charge in [-0.3, -0.25) is 4.79 Å². The molecule has 0 aromatic carbocycles. The molecule has 2 N–H and O–H groups in total. The minimum Gasteiger partial charge on any atom is -0.480 e. The van der Waals surface area contributed by atoms with Crippen LogP contribution in [0, 0.1) is 11.9 Å². The van der Waals surface area contributed by atoms with Crippen molar-refractivity contribution in [1.29, 1.82) is 0 Å². The van der Waals surface area contributed by atoms with Gasteiger partial charge in [-0.15, -0.1) is 0 Å². The van der Waals surface area contributed by atoms with Crippen LogP contribution in [0.25, 0.3) is 0 Å². The zero-order valence-electron chi connectivity index (χ0n) is 8.89. The van der Waals surface area contributed by atoms with E-state index in [1.54, 1.807) is 0 Å². The Balaban J connectivity index is 2.04. The summed E-state index contributed by atoms with van der Waals surface area (Å²) in [6, 6.07) is 1.46. The van der Waals surface area contributed by atoms with Crippen molar-refractivity contribution in [1.82, 2.24) is 10.3 Å².